The van der Waals surface area contributed by atoms with Crippen molar-refractivity contribution in [2.75, 3.05) is 39.1 Å². The van der Waals surface area contributed by atoms with Crippen LogP contribution in [0.25, 0.3) is 0 Å². The van der Waals surface area contributed by atoms with Crippen molar-refractivity contribution in [2.24, 2.45) is 4.99 Å². The Morgan fingerprint density at radius 3 is 2.55 bits per heavy atom. The summed E-state index contributed by atoms with van der Waals surface area (Å²) in [5, 5.41) is 6.16. The molecule has 2 N–H and O–H groups in total. The first-order valence-electron chi connectivity index (χ1n) is 6.85. The van der Waals surface area contributed by atoms with Gasteiger partial charge in [-0.25, -0.2) is 8.42 Å². The Bertz CT molecular complexity index is 440. The van der Waals surface area contributed by atoms with Crippen LogP contribution in [-0.4, -0.2) is 58.2 Å². The van der Waals surface area contributed by atoms with Crippen molar-refractivity contribution in [3.05, 3.63) is 12.7 Å². The Hall–Kier alpha value is -1.08. The molecule has 0 atom stereocenters. The number of ether oxygens (including phenoxy) is 1. The quantitative estimate of drug-likeness (QED) is 0.420. The van der Waals surface area contributed by atoms with Crippen LogP contribution in [0.5, 0.6) is 0 Å². The van der Waals surface area contributed by atoms with E-state index in [9.17, 15) is 8.42 Å². The average molecular weight is 303 g/mol. The highest BCUT2D eigenvalue weighted by atomic mass is 32.2. The summed E-state index contributed by atoms with van der Waals surface area (Å²) in [5.74, 6) is 0.613. The molecule has 0 aromatic heterocycles. The van der Waals surface area contributed by atoms with E-state index in [0.29, 0.717) is 38.6 Å². The zero-order chi connectivity index (χ0) is 15.1. The first-order chi connectivity index (χ1) is 9.45. The molecule has 1 heterocycles. The van der Waals surface area contributed by atoms with Crippen molar-refractivity contribution in [2.45, 2.75) is 24.5 Å². The molecule has 0 spiro atoms. The van der Waals surface area contributed by atoms with Gasteiger partial charge in [0.2, 0.25) is 0 Å². The van der Waals surface area contributed by atoms with Crippen LogP contribution in [0.1, 0.15) is 19.8 Å². The fourth-order valence-electron chi connectivity index (χ4n) is 2.12. The molecule has 20 heavy (non-hydrogen) atoms. The highest BCUT2D eigenvalue weighted by molar-refractivity contribution is 7.92. The molecule has 0 unspecified atom stereocenters. The van der Waals surface area contributed by atoms with Gasteiger partial charge in [0.1, 0.15) is 0 Å². The number of hydrogen-bond donors (Lipinski definition) is 2. The highest BCUT2D eigenvalue weighted by Crippen LogP contribution is 2.29. The third-order valence-corrected chi connectivity index (χ3v) is 5.58. The minimum absolute atomic E-state index is 0.252. The first-order valence-corrected chi connectivity index (χ1v) is 8.75. The molecule has 0 saturated carbocycles. The van der Waals surface area contributed by atoms with E-state index in [2.05, 4.69) is 22.2 Å². The van der Waals surface area contributed by atoms with E-state index in [1.54, 1.807) is 6.08 Å². The maximum absolute atomic E-state index is 12.1. The Kier molecular flexibility index (Phi) is 6.48. The monoisotopic (exact) mass is 303 g/mol. The van der Waals surface area contributed by atoms with Gasteiger partial charge in [-0.15, -0.1) is 6.58 Å². The van der Waals surface area contributed by atoms with E-state index in [0.717, 1.165) is 6.54 Å². The molecule has 0 radical (unpaired) electrons. The SMILES string of the molecule is C=CCNC(=NCC1(S(C)(=O)=O)CCOCC1)NCC. The summed E-state index contributed by atoms with van der Waals surface area (Å²) in [7, 11) is -3.18. The van der Waals surface area contributed by atoms with Crippen molar-refractivity contribution in [3.8, 4) is 0 Å². The summed E-state index contributed by atoms with van der Waals surface area (Å²) < 4.78 is 28.7. The number of sulfone groups is 1. The number of nitrogens with zero attached hydrogens (tertiary/aromatic N) is 1. The van der Waals surface area contributed by atoms with Gasteiger partial charge >= 0.3 is 0 Å². The first kappa shape index (κ1) is 17.0. The molecule has 0 aromatic rings. The predicted molar refractivity (Wildman–Crippen MR) is 81.8 cm³/mol. The molecule has 0 bridgehead atoms. The molecule has 7 heteroatoms. The van der Waals surface area contributed by atoms with Crippen LogP contribution >= 0.6 is 0 Å². The van der Waals surface area contributed by atoms with E-state index >= 15 is 0 Å². The van der Waals surface area contributed by atoms with Crippen LogP contribution < -0.4 is 10.6 Å². The van der Waals surface area contributed by atoms with Gasteiger partial charge in [0.05, 0.1) is 11.3 Å². The van der Waals surface area contributed by atoms with Crippen molar-refractivity contribution in [3.63, 3.8) is 0 Å². The van der Waals surface area contributed by atoms with Crippen molar-refractivity contribution < 1.29 is 13.2 Å². The number of rotatable bonds is 6. The zero-order valence-electron chi connectivity index (χ0n) is 12.3. The van der Waals surface area contributed by atoms with Crippen LogP contribution in [0, 0.1) is 0 Å². The Morgan fingerprint density at radius 2 is 2.05 bits per heavy atom. The minimum Gasteiger partial charge on any atom is -0.381 e. The molecule has 0 aliphatic carbocycles. The van der Waals surface area contributed by atoms with Gasteiger partial charge in [0.15, 0.2) is 15.8 Å². The topological polar surface area (TPSA) is 79.8 Å². The van der Waals surface area contributed by atoms with Gasteiger partial charge in [-0.1, -0.05) is 6.08 Å². The maximum atomic E-state index is 12.1. The fraction of sp³-hybridized carbons (Fsp3) is 0.769. The van der Waals surface area contributed by atoms with E-state index in [1.165, 1.54) is 6.26 Å². The smallest absolute Gasteiger partial charge is 0.191 e. The van der Waals surface area contributed by atoms with Crippen LogP contribution in [0.3, 0.4) is 0 Å². The van der Waals surface area contributed by atoms with Crippen molar-refractivity contribution in [1.29, 1.82) is 0 Å². The van der Waals surface area contributed by atoms with Gasteiger partial charge in [-0.3, -0.25) is 4.99 Å². The predicted octanol–water partition coefficient (Wildman–Crippen LogP) is 0.321. The Morgan fingerprint density at radius 1 is 1.40 bits per heavy atom. The van der Waals surface area contributed by atoms with Crippen LogP contribution in [0.15, 0.2) is 17.6 Å². The van der Waals surface area contributed by atoms with E-state index in [4.69, 9.17) is 4.74 Å². The lowest BCUT2D eigenvalue weighted by Gasteiger charge is -2.34. The normalized spacial score (nSPS) is 19.4. The van der Waals surface area contributed by atoms with Gasteiger partial charge in [-0.05, 0) is 19.8 Å². The second-order valence-electron chi connectivity index (χ2n) is 4.93. The molecule has 0 amide bonds. The Labute approximate surface area is 121 Å². The average Bonchev–Trinajstić information content (AvgIpc) is 2.42. The minimum atomic E-state index is -3.18. The summed E-state index contributed by atoms with van der Waals surface area (Å²) in [6, 6.07) is 0. The summed E-state index contributed by atoms with van der Waals surface area (Å²) in [4.78, 5) is 4.43. The molecule has 116 valence electrons. The number of hydrogen-bond acceptors (Lipinski definition) is 4. The van der Waals surface area contributed by atoms with Gasteiger partial charge in [-0.2, -0.15) is 0 Å². The van der Waals surface area contributed by atoms with Crippen molar-refractivity contribution in [1.82, 2.24) is 10.6 Å². The molecule has 0 aromatic carbocycles. The third-order valence-electron chi connectivity index (χ3n) is 3.47. The molecule has 1 aliphatic rings. The van der Waals surface area contributed by atoms with Crippen LogP contribution in [0.2, 0.25) is 0 Å². The standard InChI is InChI=1S/C13H25N3O3S/c1-4-8-15-12(14-5-2)16-11-13(20(3,17)18)6-9-19-10-7-13/h4H,1,5-11H2,2-3H3,(H2,14,15,16). The molecular weight excluding hydrogens is 278 g/mol. The fourth-order valence-corrected chi connectivity index (χ4v) is 3.33. The highest BCUT2D eigenvalue weighted by Gasteiger charge is 2.42. The van der Waals surface area contributed by atoms with E-state index in [-0.39, 0.29) is 6.54 Å². The van der Waals surface area contributed by atoms with Gasteiger partial charge < -0.3 is 15.4 Å². The molecular formula is C13H25N3O3S. The lowest BCUT2D eigenvalue weighted by molar-refractivity contribution is 0.0768. The van der Waals surface area contributed by atoms with Crippen LogP contribution in [0.4, 0.5) is 0 Å². The molecule has 6 nitrogen and oxygen atoms in total. The summed E-state index contributed by atoms with van der Waals surface area (Å²) in [6.45, 7) is 8.10. The third kappa shape index (κ3) is 4.49. The summed E-state index contributed by atoms with van der Waals surface area (Å²) in [6.07, 6.45) is 4.01. The lowest BCUT2D eigenvalue weighted by atomic mass is 9.99. The second-order valence-corrected chi connectivity index (χ2v) is 7.34. The number of aliphatic imine (C=N–C) groups is 1. The molecule has 1 aliphatic heterocycles. The number of nitrogens with one attached hydrogen (secondary N) is 2. The van der Waals surface area contributed by atoms with Gasteiger partial charge in [0.25, 0.3) is 0 Å². The number of guanidine groups is 1. The lowest BCUT2D eigenvalue weighted by Crippen LogP contribution is -2.47. The largest absolute Gasteiger partial charge is 0.381 e. The zero-order valence-corrected chi connectivity index (χ0v) is 13.1. The summed E-state index contributed by atoms with van der Waals surface area (Å²) in [5.41, 5.74) is 0. The van der Waals surface area contributed by atoms with E-state index in [1.807, 2.05) is 6.92 Å². The Balaban J connectivity index is 2.85. The van der Waals surface area contributed by atoms with Gasteiger partial charge in [0, 0.05) is 32.6 Å². The molecule has 1 rings (SSSR count). The molecule has 1 fully saturated rings. The maximum Gasteiger partial charge on any atom is 0.191 e. The molecule has 1 saturated heterocycles. The van der Waals surface area contributed by atoms with Crippen molar-refractivity contribution >= 4 is 15.8 Å². The summed E-state index contributed by atoms with van der Waals surface area (Å²) >= 11 is 0. The van der Waals surface area contributed by atoms with E-state index < -0.39 is 14.6 Å². The second kappa shape index (κ2) is 7.64. The van der Waals surface area contributed by atoms with Crippen LogP contribution in [-0.2, 0) is 14.6 Å².